The van der Waals surface area contributed by atoms with Crippen LogP contribution in [0.1, 0.15) is 22.9 Å². The van der Waals surface area contributed by atoms with Crippen LogP contribution in [0.25, 0.3) is 22.0 Å². The number of para-hydroxylation sites is 1. The monoisotopic (exact) mass is 439 g/mol. The predicted octanol–water partition coefficient (Wildman–Crippen LogP) is 4.16. The number of hydrogen-bond donors (Lipinski definition) is 2. The summed E-state index contributed by atoms with van der Waals surface area (Å²) in [5.41, 5.74) is 5.14. The standard InChI is InChI=1S/C26H21N3O4/c30-25(31)23(13-24-27-14-16-7-1-6-12-22(16)28-24)29-26(32)33-15-21-19-10-4-2-8-17(19)18-9-3-5-11-20(18)21/h1-12,14,21,23H,13,15H2,(H,29,32)(H,30,31)/t23-/m0/s1. The number of fused-ring (bicyclic) bond motifs is 4. The number of alkyl carbamates (subject to hydrolysis) is 1. The van der Waals surface area contributed by atoms with Crippen molar-refractivity contribution in [1.29, 1.82) is 0 Å². The van der Waals surface area contributed by atoms with Crippen molar-refractivity contribution in [2.24, 2.45) is 0 Å². The number of nitrogens with one attached hydrogen (secondary N) is 1. The molecule has 7 heteroatoms. The maximum Gasteiger partial charge on any atom is 0.407 e. The molecule has 3 aromatic carbocycles. The van der Waals surface area contributed by atoms with Gasteiger partial charge in [-0.15, -0.1) is 0 Å². The lowest BCUT2D eigenvalue weighted by molar-refractivity contribution is -0.139. The lowest BCUT2D eigenvalue weighted by Gasteiger charge is -2.17. The molecule has 0 spiro atoms. The van der Waals surface area contributed by atoms with Gasteiger partial charge in [0.05, 0.1) is 5.52 Å². The highest BCUT2D eigenvalue weighted by molar-refractivity contribution is 5.81. The van der Waals surface area contributed by atoms with Gasteiger partial charge in [-0.05, 0) is 28.3 Å². The van der Waals surface area contributed by atoms with E-state index >= 15 is 0 Å². The van der Waals surface area contributed by atoms with Gasteiger partial charge in [0, 0.05) is 23.9 Å². The van der Waals surface area contributed by atoms with E-state index in [0.717, 1.165) is 27.6 Å². The van der Waals surface area contributed by atoms with Gasteiger partial charge in [0.25, 0.3) is 0 Å². The van der Waals surface area contributed by atoms with Gasteiger partial charge >= 0.3 is 12.1 Å². The van der Waals surface area contributed by atoms with Crippen molar-refractivity contribution < 1.29 is 19.4 Å². The first kappa shape index (κ1) is 20.6. The Hall–Kier alpha value is -4.26. The van der Waals surface area contributed by atoms with Crippen molar-refractivity contribution in [3.8, 4) is 11.1 Å². The van der Waals surface area contributed by atoms with Gasteiger partial charge in [-0.25, -0.2) is 19.6 Å². The van der Waals surface area contributed by atoms with Crippen LogP contribution in [0.15, 0.2) is 79.0 Å². The summed E-state index contributed by atoms with van der Waals surface area (Å²) in [6.07, 6.45) is 0.805. The van der Waals surface area contributed by atoms with Crippen molar-refractivity contribution in [2.45, 2.75) is 18.4 Å². The van der Waals surface area contributed by atoms with Crippen LogP contribution < -0.4 is 5.32 Å². The van der Waals surface area contributed by atoms with Crippen LogP contribution in [-0.2, 0) is 16.0 Å². The zero-order chi connectivity index (χ0) is 22.8. The average molecular weight is 439 g/mol. The number of aliphatic carboxylic acids is 1. The molecule has 1 aliphatic rings. The maximum atomic E-state index is 12.5. The molecule has 0 aliphatic heterocycles. The molecule has 1 atom stereocenters. The molecule has 0 bridgehead atoms. The Labute approximate surface area is 190 Å². The topological polar surface area (TPSA) is 101 Å². The number of carbonyl (C=O) groups is 2. The van der Waals surface area contributed by atoms with Crippen molar-refractivity contribution >= 4 is 23.0 Å². The molecule has 1 aromatic heterocycles. The summed E-state index contributed by atoms with van der Waals surface area (Å²) in [6, 6.07) is 22.3. The number of nitrogens with zero attached hydrogens (tertiary/aromatic N) is 2. The molecule has 33 heavy (non-hydrogen) atoms. The van der Waals surface area contributed by atoms with Gasteiger partial charge in [0.15, 0.2) is 0 Å². The van der Waals surface area contributed by atoms with Crippen LogP contribution in [0, 0.1) is 0 Å². The Morgan fingerprint density at radius 2 is 1.58 bits per heavy atom. The van der Waals surface area contributed by atoms with Gasteiger partial charge in [0.2, 0.25) is 0 Å². The third kappa shape index (κ3) is 4.13. The number of aromatic nitrogens is 2. The number of hydrogen-bond acceptors (Lipinski definition) is 5. The van der Waals surface area contributed by atoms with Crippen LogP contribution >= 0.6 is 0 Å². The molecule has 2 N–H and O–H groups in total. The van der Waals surface area contributed by atoms with Crippen LogP contribution in [-0.4, -0.2) is 39.8 Å². The molecule has 0 radical (unpaired) electrons. The minimum Gasteiger partial charge on any atom is -0.480 e. The Bertz CT molecular complexity index is 1310. The Morgan fingerprint density at radius 1 is 0.939 bits per heavy atom. The quantitative estimate of drug-likeness (QED) is 0.468. The molecule has 1 heterocycles. The summed E-state index contributed by atoms with van der Waals surface area (Å²) in [7, 11) is 0. The van der Waals surface area contributed by atoms with E-state index in [4.69, 9.17) is 4.74 Å². The molecule has 0 fully saturated rings. The largest absolute Gasteiger partial charge is 0.480 e. The number of benzene rings is 3. The summed E-state index contributed by atoms with van der Waals surface area (Å²) < 4.78 is 5.47. The summed E-state index contributed by atoms with van der Waals surface area (Å²) in [5.74, 6) is -0.949. The maximum absolute atomic E-state index is 12.5. The van der Waals surface area contributed by atoms with Gasteiger partial charge < -0.3 is 15.2 Å². The second kappa shape index (κ2) is 8.70. The average Bonchev–Trinajstić information content (AvgIpc) is 3.16. The fraction of sp³-hybridized carbons (Fsp3) is 0.154. The number of carboxylic acids is 1. The van der Waals surface area contributed by atoms with Crippen molar-refractivity contribution in [1.82, 2.24) is 15.3 Å². The summed E-state index contributed by atoms with van der Waals surface area (Å²) in [6.45, 7) is 0.110. The molecule has 5 rings (SSSR count). The van der Waals surface area contributed by atoms with E-state index in [2.05, 4.69) is 27.4 Å². The Balaban J connectivity index is 1.27. The number of carboxylic acid groups (broad SMARTS) is 1. The Kier molecular flexibility index (Phi) is 5.44. The van der Waals surface area contributed by atoms with Crippen molar-refractivity contribution in [3.05, 3.63) is 95.9 Å². The fourth-order valence-electron chi connectivity index (χ4n) is 4.27. The van der Waals surface area contributed by atoms with Gasteiger partial charge in [-0.3, -0.25) is 0 Å². The minimum absolute atomic E-state index is 0.0512. The van der Waals surface area contributed by atoms with Crippen molar-refractivity contribution in [3.63, 3.8) is 0 Å². The second-order valence-corrected chi connectivity index (χ2v) is 7.91. The first-order valence-corrected chi connectivity index (χ1v) is 10.6. The first-order chi connectivity index (χ1) is 16.1. The fourth-order valence-corrected chi connectivity index (χ4v) is 4.27. The highest BCUT2D eigenvalue weighted by Crippen LogP contribution is 2.44. The summed E-state index contributed by atoms with van der Waals surface area (Å²) in [5, 5.41) is 12.9. The van der Waals surface area contributed by atoms with Gasteiger partial charge in [-0.1, -0.05) is 66.7 Å². The van der Waals surface area contributed by atoms with E-state index in [1.54, 1.807) is 6.20 Å². The predicted molar refractivity (Wildman–Crippen MR) is 123 cm³/mol. The van der Waals surface area contributed by atoms with E-state index in [0.29, 0.717) is 11.3 Å². The SMILES string of the molecule is O=C(N[C@@H](Cc1ncc2ccccc2n1)C(=O)O)OCC1c2ccccc2-c2ccccc21. The number of rotatable bonds is 6. The zero-order valence-corrected chi connectivity index (χ0v) is 17.6. The molecular formula is C26H21N3O4. The lowest BCUT2D eigenvalue weighted by Crippen LogP contribution is -2.43. The molecule has 7 nitrogen and oxygen atoms in total. The minimum atomic E-state index is -1.21. The smallest absolute Gasteiger partial charge is 0.407 e. The van der Waals surface area contributed by atoms with Gasteiger partial charge in [-0.2, -0.15) is 0 Å². The molecular weight excluding hydrogens is 418 g/mol. The van der Waals surface area contributed by atoms with E-state index in [9.17, 15) is 14.7 Å². The summed E-state index contributed by atoms with van der Waals surface area (Å²) >= 11 is 0. The normalized spacial score (nSPS) is 13.2. The first-order valence-electron chi connectivity index (χ1n) is 10.6. The Morgan fingerprint density at radius 3 is 2.27 bits per heavy atom. The second-order valence-electron chi connectivity index (χ2n) is 7.91. The highest BCUT2D eigenvalue weighted by Gasteiger charge is 2.30. The summed E-state index contributed by atoms with van der Waals surface area (Å²) in [4.78, 5) is 32.9. The highest BCUT2D eigenvalue weighted by atomic mass is 16.5. The van der Waals surface area contributed by atoms with Crippen LogP contribution in [0.2, 0.25) is 0 Å². The zero-order valence-electron chi connectivity index (χ0n) is 17.6. The number of amides is 1. The third-order valence-corrected chi connectivity index (χ3v) is 5.86. The number of carbonyl (C=O) groups excluding carboxylic acids is 1. The molecule has 1 amide bonds. The van der Waals surface area contributed by atoms with Crippen LogP contribution in [0.4, 0.5) is 4.79 Å². The van der Waals surface area contributed by atoms with E-state index in [-0.39, 0.29) is 18.9 Å². The molecule has 1 aliphatic carbocycles. The molecule has 4 aromatic rings. The van der Waals surface area contributed by atoms with E-state index in [1.165, 1.54) is 0 Å². The van der Waals surface area contributed by atoms with E-state index in [1.807, 2.05) is 60.7 Å². The van der Waals surface area contributed by atoms with Crippen LogP contribution in [0.3, 0.4) is 0 Å². The lowest BCUT2D eigenvalue weighted by atomic mass is 9.98. The van der Waals surface area contributed by atoms with Crippen LogP contribution in [0.5, 0.6) is 0 Å². The molecule has 0 saturated carbocycles. The molecule has 164 valence electrons. The third-order valence-electron chi connectivity index (χ3n) is 5.86. The molecule has 0 unspecified atom stereocenters. The molecule has 0 saturated heterocycles. The number of ether oxygens (including phenoxy) is 1. The van der Waals surface area contributed by atoms with Crippen molar-refractivity contribution in [2.75, 3.05) is 6.61 Å². The van der Waals surface area contributed by atoms with E-state index < -0.39 is 18.1 Å². The van der Waals surface area contributed by atoms with Gasteiger partial charge in [0.1, 0.15) is 18.5 Å².